The standard InChI is InChI=1S/C25H21ClN4O4/c1-16(27-15-17-3-7-19(26)8-4-17)23-24(18-5-13-22(34-2)14-6-18)28-29(25(23)31)20-9-11-21(12-10-20)30(32)33/h3-14,28H,15H2,1-2H3. The number of non-ortho nitro benzene ring substituents is 1. The van der Waals surface area contributed by atoms with Gasteiger partial charge in [-0.05, 0) is 61.0 Å². The van der Waals surface area contributed by atoms with Gasteiger partial charge in [0.25, 0.3) is 11.2 Å². The largest absolute Gasteiger partial charge is 0.497 e. The number of nitro benzene ring substituents is 1. The summed E-state index contributed by atoms with van der Waals surface area (Å²) < 4.78 is 6.60. The lowest BCUT2D eigenvalue weighted by molar-refractivity contribution is -0.384. The molecular formula is C25H21ClN4O4. The third-order valence-electron chi connectivity index (χ3n) is 5.36. The Bertz CT molecular complexity index is 1400. The molecule has 1 aromatic heterocycles. The molecule has 0 saturated heterocycles. The Balaban J connectivity index is 1.80. The van der Waals surface area contributed by atoms with Gasteiger partial charge in [0, 0.05) is 28.4 Å². The van der Waals surface area contributed by atoms with Crippen LogP contribution in [0.3, 0.4) is 0 Å². The van der Waals surface area contributed by atoms with E-state index >= 15 is 0 Å². The third kappa shape index (κ3) is 4.77. The van der Waals surface area contributed by atoms with Crippen LogP contribution in [0.15, 0.2) is 82.6 Å². The van der Waals surface area contributed by atoms with E-state index in [-0.39, 0.29) is 11.2 Å². The number of H-pyrrole nitrogens is 1. The van der Waals surface area contributed by atoms with E-state index in [1.807, 2.05) is 24.3 Å². The molecule has 8 nitrogen and oxygen atoms in total. The molecule has 0 fully saturated rings. The number of aliphatic imine (C=N–C) groups is 1. The highest BCUT2D eigenvalue weighted by Gasteiger charge is 2.20. The van der Waals surface area contributed by atoms with E-state index in [0.29, 0.717) is 40.0 Å². The first-order chi connectivity index (χ1) is 16.4. The van der Waals surface area contributed by atoms with Crippen molar-refractivity contribution in [3.05, 3.63) is 109 Å². The molecule has 0 aliphatic heterocycles. The van der Waals surface area contributed by atoms with Gasteiger partial charge in [-0.25, -0.2) is 4.68 Å². The topological polar surface area (TPSA) is 103 Å². The summed E-state index contributed by atoms with van der Waals surface area (Å²) in [6, 6.07) is 20.4. The number of halogens is 1. The zero-order valence-corrected chi connectivity index (χ0v) is 19.2. The smallest absolute Gasteiger partial charge is 0.280 e. The molecule has 3 aromatic carbocycles. The predicted molar refractivity (Wildman–Crippen MR) is 132 cm³/mol. The van der Waals surface area contributed by atoms with Gasteiger partial charge in [0.2, 0.25) is 0 Å². The normalized spacial score (nSPS) is 11.4. The Morgan fingerprint density at radius 2 is 1.71 bits per heavy atom. The van der Waals surface area contributed by atoms with Crippen LogP contribution in [0.5, 0.6) is 5.75 Å². The summed E-state index contributed by atoms with van der Waals surface area (Å²) in [6.45, 7) is 2.17. The Morgan fingerprint density at radius 3 is 2.29 bits per heavy atom. The number of methoxy groups -OCH3 is 1. The van der Waals surface area contributed by atoms with Gasteiger partial charge in [-0.2, -0.15) is 0 Å². The minimum Gasteiger partial charge on any atom is -0.497 e. The first-order valence-corrected chi connectivity index (χ1v) is 10.8. The number of rotatable bonds is 7. The zero-order chi connectivity index (χ0) is 24.2. The molecule has 4 aromatic rings. The molecule has 0 radical (unpaired) electrons. The Labute approximate surface area is 200 Å². The number of hydrogen-bond acceptors (Lipinski definition) is 5. The molecule has 0 bridgehead atoms. The fourth-order valence-electron chi connectivity index (χ4n) is 3.52. The molecule has 0 amide bonds. The van der Waals surface area contributed by atoms with Crippen molar-refractivity contribution < 1.29 is 9.66 Å². The van der Waals surface area contributed by atoms with Gasteiger partial charge in [-0.15, -0.1) is 0 Å². The van der Waals surface area contributed by atoms with Crippen LogP contribution in [0.1, 0.15) is 18.1 Å². The van der Waals surface area contributed by atoms with Crippen LogP contribution in [0.2, 0.25) is 5.02 Å². The van der Waals surface area contributed by atoms with Gasteiger partial charge in [0.05, 0.1) is 35.5 Å². The van der Waals surface area contributed by atoms with E-state index in [0.717, 1.165) is 11.1 Å². The summed E-state index contributed by atoms with van der Waals surface area (Å²) in [4.78, 5) is 28.6. The molecule has 0 atom stereocenters. The van der Waals surface area contributed by atoms with Crippen molar-refractivity contribution in [3.63, 3.8) is 0 Å². The SMILES string of the molecule is COc1ccc(-c2[nH]n(-c3ccc([N+](=O)[O-])cc3)c(=O)c2C(C)=NCc2ccc(Cl)cc2)cc1. The number of aromatic nitrogens is 2. The number of benzene rings is 3. The second kappa shape index (κ2) is 9.76. The highest BCUT2D eigenvalue weighted by atomic mass is 35.5. The number of nitro groups is 1. The average molecular weight is 477 g/mol. The van der Waals surface area contributed by atoms with Crippen molar-refractivity contribution in [1.29, 1.82) is 0 Å². The van der Waals surface area contributed by atoms with Gasteiger partial charge >= 0.3 is 0 Å². The lowest BCUT2D eigenvalue weighted by Gasteiger charge is -2.05. The van der Waals surface area contributed by atoms with Crippen molar-refractivity contribution in [2.24, 2.45) is 4.99 Å². The first-order valence-electron chi connectivity index (χ1n) is 10.4. The van der Waals surface area contributed by atoms with Gasteiger partial charge < -0.3 is 4.74 Å². The van der Waals surface area contributed by atoms with Crippen LogP contribution in [-0.4, -0.2) is 27.5 Å². The maximum Gasteiger partial charge on any atom is 0.280 e. The number of nitrogens with one attached hydrogen (secondary N) is 1. The zero-order valence-electron chi connectivity index (χ0n) is 18.5. The third-order valence-corrected chi connectivity index (χ3v) is 5.61. The highest BCUT2D eigenvalue weighted by molar-refractivity contribution is 6.30. The highest BCUT2D eigenvalue weighted by Crippen LogP contribution is 2.25. The van der Waals surface area contributed by atoms with Crippen molar-refractivity contribution in [2.45, 2.75) is 13.5 Å². The lowest BCUT2D eigenvalue weighted by Crippen LogP contribution is -2.19. The van der Waals surface area contributed by atoms with Gasteiger partial charge in [0.1, 0.15) is 5.75 Å². The van der Waals surface area contributed by atoms with E-state index in [2.05, 4.69) is 10.1 Å². The van der Waals surface area contributed by atoms with Gasteiger partial charge in [-0.1, -0.05) is 23.7 Å². The molecule has 0 unspecified atom stereocenters. The predicted octanol–water partition coefficient (Wildman–Crippen LogP) is 5.41. The molecule has 34 heavy (non-hydrogen) atoms. The van der Waals surface area contributed by atoms with Crippen molar-refractivity contribution in [1.82, 2.24) is 9.78 Å². The Hall–Kier alpha value is -4.17. The number of nitrogens with zero attached hydrogens (tertiary/aromatic N) is 3. The van der Waals surface area contributed by atoms with Gasteiger partial charge in [0.15, 0.2) is 0 Å². The maximum atomic E-state index is 13.5. The first kappa shape index (κ1) is 23.0. The van der Waals surface area contributed by atoms with Crippen LogP contribution >= 0.6 is 11.6 Å². The molecule has 0 aliphatic rings. The van der Waals surface area contributed by atoms with E-state index in [4.69, 9.17) is 16.3 Å². The quantitative estimate of drug-likeness (QED) is 0.219. The second-order valence-electron chi connectivity index (χ2n) is 7.53. The molecule has 0 saturated carbocycles. The van der Waals surface area contributed by atoms with E-state index < -0.39 is 4.92 Å². The summed E-state index contributed by atoms with van der Waals surface area (Å²) in [7, 11) is 1.58. The average Bonchev–Trinajstić information content (AvgIpc) is 3.20. The fourth-order valence-corrected chi connectivity index (χ4v) is 3.65. The van der Waals surface area contributed by atoms with Crippen molar-refractivity contribution >= 4 is 23.0 Å². The molecule has 1 N–H and O–H groups in total. The Morgan fingerprint density at radius 1 is 1.06 bits per heavy atom. The van der Waals surface area contributed by atoms with Crippen LogP contribution < -0.4 is 10.3 Å². The lowest BCUT2D eigenvalue weighted by atomic mass is 10.0. The summed E-state index contributed by atoms with van der Waals surface area (Å²) in [5, 5.41) is 14.8. The molecule has 4 rings (SSSR count). The monoisotopic (exact) mass is 476 g/mol. The van der Waals surface area contributed by atoms with Gasteiger partial charge in [-0.3, -0.25) is 25.0 Å². The molecular weight excluding hydrogens is 456 g/mol. The second-order valence-corrected chi connectivity index (χ2v) is 7.97. The van der Waals surface area contributed by atoms with Crippen LogP contribution in [0.25, 0.3) is 16.9 Å². The Kier molecular flexibility index (Phi) is 6.60. The van der Waals surface area contributed by atoms with E-state index in [9.17, 15) is 14.9 Å². The minimum absolute atomic E-state index is 0.0559. The number of aromatic amines is 1. The van der Waals surface area contributed by atoms with Crippen molar-refractivity contribution in [2.75, 3.05) is 7.11 Å². The summed E-state index contributed by atoms with van der Waals surface area (Å²) in [5.41, 5.74) is 3.40. The maximum absolute atomic E-state index is 13.5. The minimum atomic E-state index is -0.483. The summed E-state index contributed by atoms with van der Waals surface area (Å²) in [5.74, 6) is 0.690. The fraction of sp³-hybridized carbons (Fsp3) is 0.120. The molecule has 172 valence electrons. The molecule has 0 aliphatic carbocycles. The van der Waals surface area contributed by atoms with Crippen LogP contribution in [0.4, 0.5) is 5.69 Å². The summed E-state index contributed by atoms with van der Waals surface area (Å²) in [6.07, 6.45) is 0. The van der Waals surface area contributed by atoms with E-state index in [1.54, 1.807) is 38.3 Å². The van der Waals surface area contributed by atoms with Crippen LogP contribution in [-0.2, 0) is 6.54 Å². The summed E-state index contributed by atoms with van der Waals surface area (Å²) >= 11 is 5.96. The van der Waals surface area contributed by atoms with Crippen LogP contribution in [0, 0.1) is 10.1 Å². The molecule has 0 spiro atoms. The molecule has 9 heteroatoms. The molecule has 1 heterocycles. The number of ether oxygens (including phenoxy) is 1. The number of hydrogen-bond donors (Lipinski definition) is 1. The van der Waals surface area contributed by atoms with Crippen molar-refractivity contribution in [3.8, 4) is 22.7 Å². The van der Waals surface area contributed by atoms with E-state index in [1.165, 1.54) is 28.9 Å².